The highest BCUT2D eigenvalue weighted by Gasteiger charge is 2.27. The Hall–Kier alpha value is -2.13. The zero-order chi connectivity index (χ0) is 18.0. The van der Waals surface area contributed by atoms with E-state index in [1.54, 1.807) is 19.1 Å². The third-order valence-corrected chi connectivity index (χ3v) is 5.90. The van der Waals surface area contributed by atoms with Gasteiger partial charge in [0.25, 0.3) is 0 Å². The van der Waals surface area contributed by atoms with Gasteiger partial charge in [-0.25, -0.2) is 8.42 Å². The fraction of sp³-hybridized carbons (Fsp3) is 0.400. The van der Waals surface area contributed by atoms with E-state index >= 15 is 0 Å². The summed E-state index contributed by atoms with van der Waals surface area (Å²) in [7, 11) is -3.34. The summed E-state index contributed by atoms with van der Waals surface area (Å²) in [5, 5.41) is 6.60. The third-order valence-electron chi connectivity index (χ3n) is 3.74. The van der Waals surface area contributed by atoms with Crippen LogP contribution >= 0.6 is 11.6 Å². The predicted molar refractivity (Wildman–Crippen MR) is 93.2 cm³/mol. The van der Waals surface area contributed by atoms with Crippen LogP contribution in [-0.4, -0.2) is 36.8 Å². The molecule has 1 N–H and O–H groups in total. The quantitative estimate of drug-likeness (QED) is 0.865. The molecule has 0 spiro atoms. The molecule has 2 aromatic rings. The summed E-state index contributed by atoms with van der Waals surface area (Å²) >= 11 is 6.24. The lowest BCUT2D eigenvalue weighted by atomic mass is 10.2. The number of aromatic nitrogens is 2. The van der Waals surface area contributed by atoms with Gasteiger partial charge in [-0.3, -0.25) is 9.10 Å². The van der Waals surface area contributed by atoms with E-state index in [4.69, 9.17) is 16.1 Å². The van der Waals surface area contributed by atoms with Crippen molar-refractivity contribution in [2.24, 2.45) is 0 Å². The van der Waals surface area contributed by atoms with Crippen molar-refractivity contribution in [2.45, 2.75) is 26.2 Å². The zero-order valence-electron chi connectivity index (χ0n) is 13.5. The molecule has 1 aliphatic heterocycles. The Kier molecular flexibility index (Phi) is 4.96. The summed E-state index contributed by atoms with van der Waals surface area (Å²) in [5.41, 5.74) is 0.890. The highest BCUT2D eigenvalue weighted by atomic mass is 35.5. The fourth-order valence-corrected chi connectivity index (χ4v) is 4.60. The lowest BCUT2D eigenvalue weighted by Crippen LogP contribution is -2.38. The maximum Gasteiger partial charge on any atom is 0.235 e. The monoisotopic (exact) mass is 384 g/mol. The van der Waals surface area contributed by atoms with E-state index in [0.717, 1.165) is 6.42 Å². The van der Waals surface area contributed by atoms with Gasteiger partial charge in [-0.05, 0) is 31.0 Å². The van der Waals surface area contributed by atoms with E-state index in [2.05, 4.69) is 15.5 Å². The van der Waals surface area contributed by atoms with Crippen LogP contribution in [0.15, 0.2) is 22.7 Å². The van der Waals surface area contributed by atoms with Crippen molar-refractivity contribution in [3.8, 4) is 0 Å². The Morgan fingerprint density at radius 1 is 1.40 bits per heavy atom. The van der Waals surface area contributed by atoms with Crippen molar-refractivity contribution in [1.29, 1.82) is 0 Å². The molecule has 1 aromatic heterocycles. The van der Waals surface area contributed by atoms with Crippen LogP contribution in [0.25, 0.3) is 0 Å². The molecule has 10 heteroatoms. The van der Waals surface area contributed by atoms with Gasteiger partial charge >= 0.3 is 0 Å². The van der Waals surface area contributed by atoms with Crippen LogP contribution in [0, 0.1) is 6.92 Å². The molecule has 1 aromatic carbocycles. The first-order chi connectivity index (χ1) is 11.8. The molecule has 0 unspecified atom stereocenters. The molecule has 0 saturated carbocycles. The van der Waals surface area contributed by atoms with Crippen LogP contribution in [0.3, 0.4) is 0 Å². The second-order valence-electron chi connectivity index (χ2n) is 5.72. The summed E-state index contributed by atoms with van der Waals surface area (Å²) < 4.78 is 30.5. The Bertz CT molecular complexity index is 897. The molecule has 134 valence electrons. The molecule has 1 aliphatic rings. The molecule has 0 aliphatic carbocycles. The Morgan fingerprint density at radius 3 is 2.84 bits per heavy atom. The second-order valence-corrected chi connectivity index (χ2v) is 8.14. The molecule has 8 nitrogen and oxygen atoms in total. The standard InChI is InChI=1S/C15H17ClN4O4S/c1-10-17-14(19-24-10)9-15(21)18-11-4-5-13(12(16)8-11)20-6-2-3-7-25(20,22)23/h4-5,8H,2-3,6-7,9H2,1H3,(H,18,21). The first-order valence-corrected chi connectivity index (χ1v) is 9.73. The van der Waals surface area contributed by atoms with Gasteiger partial charge in [0.05, 0.1) is 22.9 Å². The number of carbonyl (C=O) groups is 1. The predicted octanol–water partition coefficient (Wildman–Crippen LogP) is 2.14. The Balaban J connectivity index is 1.72. The van der Waals surface area contributed by atoms with E-state index in [9.17, 15) is 13.2 Å². The molecule has 2 heterocycles. The average molecular weight is 385 g/mol. The number of nitrogens with zero attached hydrogens (tertiary/aromatic N) is 3. The van der Waals surface area contributed by atoms with E-state index in [1.165, 1.54) is 10.4 Å². The van der Waals surface area contributed by atoms with Gasteiger partial charge in [0.15, 0.2) is 5.82 Å². The van der Waals surface area contributed by atoms with Gasteiger partial charge in [0.2, 0.25) is 21.8 Å². The highest BCUT2D eigenvalue weighted by Crippen LogP contribution is 2.32. The van der Waals surface area contributed by atoms with E-state index in [0.29, 0.717) is 30.2 Å². The number of sulfonamides is 1. The molecule has 0 atom stereocenters. The number of amides is 1. The highest BCUT2D eigenvalue weighted by molar-refractivity contribution is 7.92. The molecule has 1 amide bonds. The van der Waals surface area contributed by atoms with Crippen molar-refractivity contribution in [3.63, 3.8) is 0 Å². The minimum atomic E-state index is -3.34. The molecule has 25 heavy (non-hydrogen) atoms. The van der Waals surface area contributed by atoms with Crippen LogP contribution in [0.4, 0.5) is 11.4 Å². The van der Waals surface area contributed by atoms with Gasteiger partial charge in [0, 0.05) is 19.2 Å². The lowest BCUT2D eigenvalue weighted by Gasteiger charge is -2.29. The first-order valence-electron chi connectivity index (χ1n) is 7.74. The number of hydrogen-bond acceptors (Lipinski definition) is 6. The van der Waals surface area contributed by atoms with Crippen molar-refractivity contribution < 1.29 is 17.7 Å². The maximum absolute atomic E-state index is 12.2. The average Bonchev–Trinajstić information content (AvgIpc) is 2.93. The second kappa shape index (κ2) is 7.01. The lowest BCUT2D eigenvalue weighted by molar-refractivity contribution is -0.115. The van der Waals surface area contributed by atoms with Crippen LogP contribution in [-0.2, 0) is 21.2 Å². The molecular weight excluding hydrogens is 368 g/mol. The van der Waals surface area contributed by atoms with Crippen molar-refractivity contribution in [1.82, 2.24) is 10.1 Å². The molecule has 3 rings (SSSR count). The normalized spacial score (nSPS) is 16.6. The number of hydrogen-bond donors (Lipinski definition) is 1. The smallest absolute Gasteiger partial charge is 0.235 e. The topological polar surface area (TPSA) is 105 Å². The number of benzene rings is 1. The van der Waals surface area contributed by atoms with E-state index in [-0.39, 0.29) is 28.9 Å². The molecule has 0 radical (unpaired) electrons. The molecule has 1 saturated heterocycles. The van der Waals surface area contributed by atoms with Crippen LogP contribution in [0.2, 0.25) is 5.02 Å². The maximum atomic E-state index is 12.2. The van der Waals surface area contributed by atoms with Gasteiger partial charge in [-0.1, -0.05) is 16.8 Å². The SMILES string of the molecule is Cc1nc(CC(=O)Nc2ccc(N3CCCCS3(=O)=O)c(Cl)c2)no1. The Labute approximate surface area is 150 Å². The van der Waals surface area contributed by atoms with Crippen LogP contribution < -0.4 is 9.62 Å². The summed E-state index contributed by atoms with van der Waals surface area (Å²) in [6.45, 7) is 2.05. The van der Waals surface area contributed by atoms with E-state index < -0.39 is 10.0 Å². The van der Waals surface area contributed by atoms with Gasteiger partial charge in [-0.2, -0.15) is 4.98 Å². The summed E-state index contributed by atoms with van der Waals surface area (Å²) in [6, 6.07) is 4.74. The minimum absolute atomic E-state index is 0.0305. The number of nitrogens with one attached hydrogen (secondary N) is 1. The van der Waals surface area contributed by atoms with Crippen LogP contribution in [0.1, 0.15) is 24.6 Å². The zero-order valence-corrected chi connectivity index (χ0v) is 15.1. The molecule has 0 bridgehead atoms. The summed E-state index contributed by atoms with van der Waals surface area (Å²) in [4.78, 5) is 16.0. The van der Waals surface area contributed by atoms with Gasteiger partial charge in [-0.15, -0.1) is 0 Å². The molecular formula is C15H17ClN4O4S. The van der Waals surface area contributed by atoms with Crippen molar-refractivity contribution in [2.75, 3.05) is 21.9 Å². The minimum Gasteiger partial charge on any atom is -0.340 e. The van der Waals surface area contributed by atoms with Crippen molar-refractivity contribution in [3.05, 3.63) is 34.9 Å². The first kappa shape index (κ1) is 17.7. The Morgan fingerprint density at radius 2 is 2.20 bits per heavy atom. The third kappa shape index (κ3) is 4.10. The summed E-state index contributed by atoms with van der Waals surface area (Å²) in [6.07, 6.45) is 1.41. The van der Waals surface area contributed by atoms with Gasteiger partial charge in [0.1, 0.15) is 0 Å². The van der Waals surface area contributed by atoms with Gasteiger partial charge < -0.3 is 9.84 Å². The number of carbonyl (C=O) groups excluding carboxylic acids is 1. The number of halogens is 1. The largest absolute Gasteiger partial charge is 0.340 e. The van der Waals surface area contributed by atoms with Crippen LogP contribution in [0.5, 0.6) is 0 Å². The van der Waals surface area contributed by atoms with Crippen molar-refractivity contribution >= 4 is 38.9 Å². The number of rotatable bonds is 4. The molecule has 1 fully saturated rings. The summed E-state index contributed by atoms with van der Waals surface area (Å²) in [5.74, 6) is 0.469. The fourth-order valence-electron chi connectivity index (χ4n) is 2.61. The number of anilines is 2. The van der Waals surface area contributed by atoms with E-state index in [1.807, 2.05) is 0 Å². The number of aryl methyl sites for hydroxylation is 1.